The van der Waals surface area contributed by atoms with Crippen molar-refractivity contribution in [3.63, 3.8) is 0 Å². The number of ketones is 1. The van der Waals surface area contributed by atoms with Crippen LogP contribution in [-0.4, -0.2) is 86.8 Å². The largest absolute Gasteiger partial charge is 0.508 e. The number of esters is 1. The van der Waals surface area contributed by atoms with Crippen LogP contribution in [0.15, 0.2) is 60.7 Å². The lowest BCUT2D eigenvalue weighted by Gasteiger charge is -2.41. The van der Waals surface area contributed by atoms with Gasteiger partial charge in [-0.1, -0.05) is 24.3 Å². The summed E-state index contributed by atoms with van der Waals surface area (Å²) < 4.78 is 27.8. The highest BCUT2D eigenvalue weighted by molar-refractivity contribution is 6.03. The molecule has 0 amide bonds. The van der Waals surface area contributed by atoms with Gasteiger partial charge >= 0.3 is 5.97 Å². The number of rotatable bonds is 8. The molecule has 0 bridgehead atoms. The number of fused-ring (bicyclic) bond motifs is 1. The Morgan fingerprint density at radius 1 is 1.00 bits per heavy atom. The molecule has 44 heavy (non-hydrogen) atoms. The molecule has 6 N–H and O–H groups in total. The van der Waals surface area contributed by atoms with Crippen molar-refractivity contribution in [1.29, 1.82) is 0 Å². The SMILES string of the molecule is COc1ccc(C2CC(=O)c3c(cc(O[C@@H]4OC(CO)[C@@H](O)[C@H](O)C4OC(=O)/C=C/c4ccc(O)cc4)c(O)c3O)O2)cc1. The summed E-state index contributed by atoms with van der Waals surface area (Å²) in [6.45, 7) is -0.748. The number of carbonyl (C=O) groups excluding carboxylic acids is 2. The van der Waals surface area contributed by atoms with E-state index >= 15 is 0 Å². The highest BCUT2D eigenvalue weighted by Gasteiger charge is 2.48. The maximum Gasteiger partial charge on any atom is 0.331 e. The molecule has 3 unspecified atom stereocenters. The number of methoxy groups -OCH3 is 1. The summed E-state index contributed by atoms with van der Waals surface area (Å²) in [5.74, 6) is -3.11. The summed E-state index contributed by atoms with van der Waals surface area (Å²) >= 11 is 0. The molecule has 13 nitrogen and oxygen atoms in total. The van der Waals surface area contributed by atoms with Gasteiger partial charge in [0.05, 0.1) is 20.1 Å². The first kappa shape index (κ1) is 30.6. The molecule has 2 aliphatic rings. The van der Waals surface area contributed by atoms with Crippen molar-refractivity contribution in [2.45, 2.75) is 43.2 Å². The van der Waals surface area contributed by atoms with E-state index in [9.17, 15) is 40.2 Å². The average Bonchev–Trinajstić information content (AvgIpc) is 3.02. The predicted octanol–water partition coefficient (Wildman–Crippen LogP) is 1.96. The van der Waals surface area contributed by atoms with Gasteiger partial charge in [0.1, 0.15) is 47.2 Å². The van der Waals surface area contributed by atoms with Crippen molar-refractivity contribution in [2.75, 3.05) is 13.7 Å². The number of benzene rings is 3. The number of hydrogen-bond acceptors (Lipinski definition) is 13. The third kappa shape index (κ3) is 6.26. The van der Waals surface area contributed by atoms with Gasteiger partial charge in [0, 0.05) is 12.1 Å². The first-order valence-electron chi connectivity index (χ1n) is 13.5. The third-order valence-electron chi connectivity index (χ3n) is 7.23. The van der Waals surface area contributed by atoms with Crippen molar-refractivity contribution >= 4 is 17.8 Å². The number of ether oxygens (including phenoxy) is 5. The van der Waals surface area contributed by atoms with E-state index in [-0.39, 0.29) is 23.5 Å². The third-order valence-corrected chi connectivity index (χ3v) is 7.23. The van der Waals surface area contributed by atoms with E-state index in [1.165, 1.54) is 37.5 Å². The first-order valence-corrected chi connectivity index (χ1v) is 13.5. The molecule has 0 aliphatic carbocycles. The standard InChI is InChI=1S/C31H30O13/c1-40-18-9-5-16(6-10-18)20-12-19(34)25-21(41-20)13-22(26(36)28(25)38)42-31-30(29(39)27(37)23(14-32)43-31)44-24(35)11-4-15-2-7-17(33)8-3-15/h2-11,13,20,23,27,29-33,36-39H,12,14H2,1H3/b11-4+/t20?,23?,27-,29+,30?,31-/m1/s1. The summed E-state index contributed by atoms with van der Waals surface area (Å²) in [5, 5.41) is 61.7. The molecule has 0 aromatic heterocycles. The molecule has 2 heterocycles. The van der Waals surface area contributed by atoms with E-state index in [2.05, 4.69) is 0 Å². The Morgan fingerprint density at radius 2 is 1.70 bits per heavy atom. The van der Waals surface area contributed by atoms with Crippen LogP contribution >= 0.6 is 0 Å². The van der Waals surface area contributed by atoms with Gasteiger partial charge in [-0.2, -0.15) is 0 Å². The second-order valence-corrected chi connectivity index (χ2v) is 10.1. The van der Waals surface area contributed by atoms with E-state index in [0.29, 0.717) is 16.9 Å². The second kappa shape index (κ2) is 12.8. The Hall–Kier alpha value is -4.82. The number of hydrogen-bond donors (Lipinski definition) is 6. The van der Waals surface area contributed by atoms with E-state index in [0.717, 1.165) is 12.1 Å². The van der Waals surface area contributed by atoms with Crippen molar-refractivity contribution in [3.8, 4) is 34.5 Å². The Kier molecular flexibility index (Phi) is 8.92. The van der Waals surface area contributed by atoms with Crippen LogP contribution in [-0.2, 0) is 14.3 Å². The molecular weight excluding hydrogens is 580 g/mol. The van der Waals surface area contributed by atoms with Gasteiger partial charge in [0.25, 0.3) is 0 Å². The van der Waals surface area contributed by atoms with E-state index in [1.807, 2.05) is 0 Å². The minimum Gasteiger partial charge on any atom is -0.508 e. The van der Waals surface area contributed by atoms with E-state index in [4.69, 9.17) is 23.7 Å². The van der Waals surface area contributed by atoms with Gasteiger partial charge in [0.2, 0.25) is 12.0 Å². The van der Waals surface area contributed by atoms with Crippen LogP contribution in [0.1, 0.15) is 34.0 Å². The maximum atomic E-state index is 13.0. The zero-order valence-corrected chi connectivity index (χ0v) is 23.3. The smallest absolute Gasteiger partial charge is 0.331 e. The Morgan fingerprint density at radius 3 is 2.36 bits per heavy atom. The zero-order chi connectivity index (χ0) is 31.5. The van der Waals surface area contributed by atoms with Crippen molar-refractivity contribution in [3.05, 3.63) is 77.4 Å². The lowest BCUT2D eigenvalue weighted by atomic mass is 9.95. The number of Topliss-reactive ketones (excluding diaryl/α,β-unsaturated/α-hetero) is 1. The fourth-order valence-corrected chi connectivity index (χ4v) is 4.86. The summed E-state index contributed by atoms with van der Waals surface area (Å²) in [4.78, 5) is 25.6. The Labute approximate surface area is 250 Å². The Bertz CT molecular complexity index is 1530. The molecule has 3 aromatic carbocycles. The lowest BCUT2D eigenvalue weighted by molar-refractivity contribution is -0.281. The number of phenols is 3. The zero-order valence-electron chi connectivity index (χ0n) is 23.3. The quantitative estimate of drug-likeness (QED) is 0.123. The van der Waals surface area contributed by atoms with Gasteiger partial charge in [-0.3, -0.25) is 4.79 Å². The number of aliphatic hydroxyl groups excluding tert-OH is 3. The molecule has 6 atom stereocenters. The van der Waals surface area contributed by atoms with E-state index < -0.39 is 72.4 Å². The molecule has 0 saturated carbocycles. The van der Waals surface area contributed by atoms with Crippen LogP contribution in [0, 0.1) is 0 Å². The molecule has 13 heteroatoms. The van der Waals surface area contributed by atoms with Crippen molar-refractivity contribution in [1.82, 2.24) is 0 Å². The number of carbonyl (C=O) groups is 2. The summed E-state index contributed by atoms with van der Waals surface area (Å²) in [6.07, 6.45) is -6.72. The minimum absolute atomic E-state index is 0.0297. The molecule has 1 saturated heterocycles. The maximum absolute atomic E-state index is 13.0. The molecule has 0 radical (unpaired) electrons. The first-order chi connectivity index (χ1) is 21.1. The molecule has 5 rings (SSSR count). The van der Waals surface area contributed by atoms with Gasteiger partial charge in [-0.25, -0.2) is 4.79 Å². The van der Waals surface area contributed by atoms with Gasteiger partial charge in [-0.05, 0) is 41.5 Å². The lowest BCUT2D eigenvalue weighted by Crippen LogP contribution is -2.61. The topological polar surface area (TPSA) is 202 Å². The number of aromatic hydroxyl groups is 3. The molecule has 0 spiro atoms. The van der Waals surface area contributed by atoms with Gasteiger partial charge in [-0.15, -0.1) is 0 Å². The van der Waals surface area contributed by atoms with Crippen LogP contribution in [0.3, 0.4) is 0 Å². The normalized spacial score (nSPS) is 24.8. The summed E-state index contributed by atoms with van der Waals surface area (Å²) in [5.41, 5.74) is 0.922. The highest BCUT2D eigenvalue weighted by atomic mass is 16.7. The fourth-order valence-electron chi connectivity index (χ4n) is 4.86. The molecular formula is C31H30O13. The van der Waals surface area contributed by atoms with Gasteiger partial charge < -0.3 is 54.3 Å². The Balaban J connectivity index is 1.41. The second-order valence-electron chi connectivity index (χ2n) is 10.1. The summed E-state index contributed by atoms with van der Waals surface area (Å²) in [6, 6.07) is 13.9. The average molecular weight is 611 g/mol. The van der Waals surface area contributed by atoms with Crippen LogP contribution in [0.4, 0.5) is 0 Å². The van der Waals surface area contributed by atoms with Crippen LogP contribution in [0.2, 0.25) is 0 Å². The fraction of sp³-hybridized carbons (Fsp3) is 0.290. The molecule has 3 aromatic rings. The minimum atomic E-state index is -1.80. The monoisotopic (exact) mass is 610 g/mol. The molecule has 1 fully saturated rings. The van der Waals surface area contributed by atoms with E-state index in [1.54, 1.807) is 24.3 Å². The summed E-state index contributed by atoms with van der Waals surface area (Å²) in [7, 11) is 1.52. The molecule has 232 valence electrons. The predicted molar refractivity (Wildman–Crippen MR) is 150 cm³/mol. The van der Waals surface area contributed by atoms with Crippen molar-refractivity contribution < 1.29 is 63.9 Å². The van der Waals surface area contributed by atoms with Gasteiger partial charge in [0.15, 0.2) is 23.4 Å². The van der Waals surface area contributed by atoms with Crippen LogP contribution in [0.25, 0.3) is 6.08 Å². The molecule has 2 aliphatic heterocycles. The number of aliphatic hydroxyl groups is 3. The van der Waals surface area contributed by atoms with Crippen molar-refractivity contribution in [2.24, 2.45) is 0 Å². The van der Waals surface area contributed by atoms with Crippen LogP contribution in [0.5, 0.6) is 34.5 Å². The van der Waals surface area contributed by atoms with Crippen LogP contribution < -0.4 is 14.2 Å². The highest BCUT2D eigenvalue weighted by Crippen LogP contribution is 2.49. The number of phenolic OH excluding ortho intramolecular Hbond substituents is 3.